The molecule has 3 amide bonds. The Morgan fingerprint density at radius 3 is 2.55 bits per heavy atom. The van der Waals surface area contributed by atoms with Crippen molar-refractivity contribution in [1.29, 1.82) is 0 Å². The van der Waals surface area contributed by atoms with E-state index < -0.39 is 6.04 Å². The molecule has 0 unspecified atom stereocenters. The number of imide groups is 1. The van der Waals surface area contributed by atoms with E-state index in [4.69, 9.17) is 0 Å². The Morgan fingerprint density at radius 2 is 1.85 bits per heavy atom. The van der Waals surface area contributed by atoms with Gasteiger partial charge in [-0.05, 0) is 12.0 Å². The van der Waals surface area contributed by atoms with Gasteiger partial charge in [-0.2, -0.15) is 0 Å². The van der Waals surface area contributed by atoms with Gasteiger partial charge in [0.25, 0.3) is 5.91 Å². The summed E-state index contributed by atoms with van der Waals surface area (Å²) in [7, 11) is 0. The maximum Gasteiger partial charge on any atom is 0.324 e. The van der Waals surface area contributed by atoms with Crippen LogP contribution in [0.4, 0.5) is 4.79 Å². The van der Waals surface area contributed by atoms with Crippen LogP contribution in [0.5, 0.6) is 0 Å². The van der Waals surface area contributed by atoms with Gasteiger partial charge in [0.05, 0.1) is 0 Å². The molecule has 0 spiro atoms. The van der Waals surface area contributed by atoms with Crippen LogP contribution < -0.4 is 5.32 Å². The molecular formula is C16H22N2O2. The number of nitrogens with one attached hydrogen (secondary N) is 1. The van der Waals surface area contributed by atoms with E-state index in [2.05, 4.69) is 12.2 Å². The molecular weight excluding hydrogens is 252 g/mol. The zero-order chi connectivity index (χ0) is 14.4. The van der Waals surface area contributed by atoms with Crippen LogP contribution in [0, 0.1) is 0 Å². The van der Waals surface area contributed by atoms with Gasteiger partial charge in [0.2, 0.25) is 0 Å². The first-order valence-electron chi connectivity index (χ1n) is 7.38. The molecule has 1 fully saturated rings. The van der Waals surface area contributed by atoms with E-state index in [1.165, 1.54) is 4.90 Å². The van der Waals surface area contributed by atoms with Crippen LogP contribution in [-0.2, 0) is 11.2 Å². The molecule has 1 aromatic carbocycles. The van der Waals surface area contributed by atoms with Crippen LogP contribution in [0.3, 0.4) is 0 Å². The van der Waals surface area contributed by atoms with Crippen molar-refractivity contribution in [1.82, 2.24) is 10.2 Å². The number of benzene rings is 1. The van der Waals surface area contributed by atoms with E-state index in [0.717, 1.165) is 31.2 Å². The van der Waals surface area contributed by atoms with Gasteiger partial charge in [-0.1, -0.05) is 56.5 Å². The molecule has 4 nitrogen and oxygen atoms in total. The molecule has 0 aliphatic carbocycles. The number of carbonyl (C=O) groups is 2. The number of nitrogens with zero attached hydrogens (tertiary/aromatic N) is 1. The Balaban J connectivity index is 1.88. The molecule has 1 aliphatic rings. The van der Waals surface area contributed by atoms with Gasteiger partial charge in [-0.3, -0.25) is 9.69 Å². The van der Waals surface area contributed by atoms with Crippen LogP contribution in [-0.4, -0.2) is 29.4 Å². The minimum atomic E-state index is -0.406. The van der Waals surface area contributed by atoms with E-state index in [-0.39, 0.29) is 11.9 Å². The fourth-order valence-corrected chi connectivity index (χ4v) is 2.47. The smallest absolute Gasteiger partial charge is 0.324 e. The van der Waals surface area contributed by atoms with Crippen LogP contribution in [0.2, 0.25) is 0 Å². The fraction of sp³-hybridized carbons (Fsp3) is 0.500. The summed E-state index contributed by atoms with van der Waals surface area (Å²) in [5, 5.41) is 2.78. The summed E-state index contributed by atoms with van der Waals surface area (Å²) >= 11 is 0. The van der Waals surface area contributed by atoms with E-state index in [1.807, 2.05) is 30.3 Å². The van der Waals surface area contributed by atoms with Crippen molar-refractivity contribution in [3.8, 4) is 0 Å². The molecule has 1 heterocycles. The molecule has 2 rings (SSSR count). The number of rotatable bonds is 7. The summed E-state index contributed by atoms with van der Waals surface area (Å²) in [5.41, 5.74) is 1.07. The molecule has 1 N–H and O–H groups in total. The second kappa shape index (κ2) is 7.08. The second-order valence-electron chi connectivity index (χ2n) is 5.24. The lowest BCUT2D eigenvalue weighted by Gasteiger charge is -2.12. The molecule has 0 radical (unpaired) electrons. The summed E-state index contributed by atoms with van der Waals surface area (Å²) in [4.78, 5) is 25.4. The van der Waals surface area contributed by atoms with E-state index in [0.29, 0.717) is 13.0 Å². The van der Waals surface area contributed by atoms with Crippen LogP contribution in [0.15, 0.2) is 30.3 Å². The zero-order valence-electron chi connectivity index (χ0n) is 12.0. The van der Waals surface area contributed by atoms with Crippen molar-refractivity contribution in [2.24, 2.45) is 0 Å². The van der Waals surface area contributed by atoms with Crippen molar-refractivity contribution >= 4 is 11.9 Å². The predicted octanol–water partition coefficient (Wildman–Crippen LogP) is 2.73. The third kappa shape index (κ3) is 3.59. The Morgan fingerprint density at radius 1 is 1.10 bits per heavy atom. The normalized spacial score (nSPS) is 18.4. The number of urea groups is 1. The number of carbonyl (C=O) groups excluding carboxylic acids is 2. The molecule has 20 heavy (non-hydrogen) atoms. The SMILES string of the molecule is CCCCCCN1C(=O)N[C@H](Cc2ccccc2)C1=O. The first kappa shape index (κ1) is 14.6. The Hall–Kier alpha value is -1.84. The number of unbranched alkanes of at least 4 members (excludes halogenated alkanes) is 3. The number of hydrogen-bond acceptors (Lipinski definition) is 2. The van der Waals surface area contributed by atoms with Gasteiger partial charge in [-0.25, -0.2) is 4.79 Å². The molecule has 4 heteroatoms. The predicted molar refractivity (Wildman–Crippen MR) is 78.3 cm³/mol. The molecule has 1 saturated heterocycles. The van der Waals surface area contributed by atoms with Crippen molar-refractivity contribution < 1.29 is 9.59 Å². The maximum absolute atomic E-state index is 12.2. The largest absolute Gasteiger partial charge is 0.325 e. The fourth-order valence-electron chi connectivity index (χ4n) is 2.47. The Labute approximate surface area is 120 Å². The second-order valence-corrected chi connectivity index (χ2v) is 5.24. The molecule has 1 aromatic rings. The number of amides is 3. The minimum absolute atomic E-state index is 0.0876. The van der Waals surface area contributed by atoms with Crippen molar-refractivity contribution in [3.63, 3.8) is 0 Å². The first-order chi connectivity index (χ1) is 9.72. The van der Waals surface area contributed by atoms with Gasteiger partial charge >= 0.3 is 6.03 Å². The highest BCUT2D eigenvalue weighted by atomic mass is 16.2. The lowest BCUT2D eigenvalue weighted by atomic mass is 10.1. The van der Waals surface area contributed by atoms with Crippen LogP contribution in [0.1, 0.15) is 38.2 Å². The van der Waals surface area contributed by atoms with Crippen molar-refractivity contribution in [2.45, 2.75) is 45.1 Å². The topological polar surface area (TPSA) is 49.4 Å². The molecule has 0 saturated carbocycles. The van der Waals surface area contributed by atoms with Crippen LogP contribution in [0.25, 0.3) is 0 Å². The molecule has 0 aromatic heterocycles. The average molecular weight is 274 g/mol. The highest BCUT2D eigenvalue weighted by Gasteiger charge is 2.37. The van der Waals surface area contributed by atoms with Gasteiger partial charge in [0.1, 0.15) is 6.04 Å². The first-order valence-corrected chi connectivity index (χ1v) is 7.38. The lowest BCUT2D eigenvalue weighted by molar-refractivity contribution is -0.127. The third-order valence-electron chi connectivity index (χ3n) is 3.62. The lowest BCUT2D eigenvalue weighted by Crippen LogP contribution is -2.33. The molecule has 1 aliphatic heterocycles. The number of hydrogen-bond donors (Lipinski definition) is 1. The van der Waals surface area contributed by atoms with E-state index in [9.17, 15) is 9.59 Å². The van der Waals surface area contributed by atoms with Crippen molar-refractivity contribution in [3.05, 3.63) is 35.9 Å². The summed E-state index contributed by atoms with van der Waals surface area (Å²) in [6, 6.07) is 9.13. The van der Waals surface area contributed by atoms with E-state index in [1.54, 1.807) is 0 Å². The minimum Gasteiger partial charge on any atom is -0.325 e. The summed E-state index contributed by atoms with van der Waals surface area (Å²) in [5.74, 6) is -0.0876. The van der Waals surface area contributed by atoms with Gasteiger partial charge in [0, 0.05) is 13.0 Å². The van der Waals surface area contributed by atoms with Gasteiger partial charge < -0.3 is 5.32 Å². The molecule has 1 atom stereocenters. The zero-order valence-corrected chi connectivity index (χ0v) is 12.0. The summed E-state index contributed by atoms with van der Waals surface area (Å²) in [6.07, 6.45) is 4.83. The average Bonchev–Trinajstić information content (AvgIpc) is 2.72. The van der Waals surface area contributed by atoms with Gasteiger partial charge in [-0.15, -0.1) is 0 Å². The Bertz CT molecular complexity index is 459. The summed E-state index contributed by atoms with van der Waals surface area (Å²) in [6.45, 7) is 2.68. The quantitative estimate of drug-likeness (QED) is 0.614. The third-order valence-corrected chi connectivity index (χ3v) is 3.62. The monoisotopic (exact) mass is 274 g/mol. The highest BCUT2D eigenvalue weighted by molar-refractivity contribution is 6.04. The molecule has 0 bridgehead atoms. The van der Waals surface area contributed by atoms with E-state index >= 15 is 0 Å². The Kier molecular flexibility index (Phi) is 5.16. The van der Waals surface area contributed by atoms with Crippen molar-refractivity contribution in [2.75, 3.05) is 6.54 Å². The summed E-state index contributed by atoms with van der Waals surface area (Å²) < 4.78 is 0. The van der Waals surface area contributed by atoms with Crippen LogP contribution >= 0.6 is 0 Å². The molecule has 108 valence electrons. The standard InChI is InChI=1S/C16H22N2O2/c1-2-3-4-8-11-18-15(19)14(17-16(18)20)12-13-9-6-5-7-10-13/h5-7,9-10,14H,2-4,8,11-12H2,1H3,(H,17,20)/t14-/m1/s1. The van der Waals surface area contributed by atoms with Gasteiger partial charge in [0.15, 0.2) is 0 Å². The maximum atomic E-state index is 12.2. The highest BCUT2D eigenvalue weighted by Crippen LogP contribution is 2.13.